The predicted molar refractivity (Wildman–Crippen MR) is 142 cm³/mol. The topological polar surface area (TPSA) is 86.4 Å². The van der Waals surface area contributed by atoms with Crippen molar-refractivity contribution in [2.24, 2.45) is 11.3 Å². The number of likely N-dealkylation sites (tertiary alicyclic amines) is 2. The van der Waals surface area contributed by atoms with Gasteiger partial charge in [-0.1, -0.05) is 39.0 Å². The number of nitrogens with zero attached hydrogens (tertiary/aromatic N) is 3. The molecule has 3 heterocycles. The van der Waals surface area contributed by atoms with Crippen molar-refractivity contribution in [1.82, 2.24) is 19.8 Å². The summed E-state index contributed by atoms with van der Waals surface area (Å²) in [7, 11) is 0. The highest BCUT2D eigenvalue weighted by Crippen LogP contribution is 2.38. The summed E-state index contributed by atoms with van der Waals surface area (Å²) in [6.07, 6.45) is 3.06. The molecule has 0 saturated carbocycles. The summed E-state index contributed by atoms with van der Waals surface area (Å²) < 4.78 is 13.6. The Labute approximate surface area is 220 Å². The summed E-state index contributed by atoms with van der Waals surface area (Å²) >= 11 is 0. The minimum absolute atomic E-state index is 0.0312. The van der Waals surface area contributed by atoms with Crippen molar-refractivity contribution in [3.8, 4) is 0 Å². The van der Waals surface area contributed by atoms with Gasteiger partial charge in [0.1, 0.15) is 5.82 Å². The highest BCUT2D eigenvalue weighted by molar-refractivity contribution is 6.03. The largest absolute Gasteiger partial charge is 0.336 e. The first-order valence-corrected chi connectivity index (χ1v) is 13.2. The van der Waals surface area contributed by atoms with Crippen molar-refractivity contribution in [2.45, 2.75) is 52.1 Å². The number of H-pyrrole nitrogens is 1. The molecule has 1 aromatic heterocycles. The standard InChI is InChI=1S/C30H31FN4O3/c1-30(2,3)23(14-26(36)19-10-17-8-9-20(31)12-18(17)11-19)28(37)34-15-22-13-21(34)16-35(22)29(38)27-32-24-6-4-5-7-25(24)33-27/h4-9,11-12,21-23H,10,13-16H2,1-3H3,(H,32,33)/t21-,22-,23+/m0/s1. The van der Waals surface area contributed by atoms with Crippen LogP contribution in [0.4, 0.5) is 4.39 Å². The number of allylic oxidation sites excluding steroid dienone is 1. The van der Waals surface area contributed by atoms with Gasteiger partial charge in [-0.25, -0.2) is 9.37 Å². The van der Waals surface area contributed by atoms with Crippen molar-refractivity contribution in [3.05, 3.63) is 70.8 Å². The molecule has 38 heavy (non-hydrogen) atoms. The average Bonchev–Trinajstić information content (AvgIpc) is 3.66. The van der Waals surface area contributed by atoms with Crippen LogP contribution in [0.5, 0.6) is 0 Å². The van der Waals surface area contributed by atoms with Gasteiger partial charge in [0.15, 0.2) is 11.6 Å². The van der Waals surface area contributed by atoms with Gasteiger partial charge in [0.05, 0.1) is 29.0 Å². The zero-order valence-corrected chi connectivity index (χ0v) is 21.8. The van der Waals surface area contributed by atoms with Crippen LogP contribution in [-0.2, 0) is 16.0 Å². The van der Waals surface area contributed by atoms with Crippen molar-refractivity contribution < 1.29 is 18.8 Å². The van der Waals surface area contributed by atoms with Gasteiger partial charge in [0.2, 0.25) is 5.91 Å². The van der Waals surface area contributed by atoms with E-state index in [0.717, 1.165) is 28.6 Å². The fourth-order valence-electron chi connectivity index (χ4n) is 6.14. The normalized spacial score (nSPS) is 21.1. The molecule has 2 fully saturated rings. The van der Waals surface area contributed by atoms with Crippen LogP contribution in [0.3, 0.4) is 0 Å². The zero-order chi connectivity index (χ0) is 26.8. The van der Waals surface area contributed by atoms with Crippen LogP contribution in [0.15, 0.2) is 48.0 Å². The molecule has 0 unspecified atom stereocenters. The summed E-state index contributed by atoms with van der Waals surface area (Å²) in [4.78, 5) is 51.7. The third kappa shape index (κ3) is 4.22. The Morgan fingerprint density at radius 1 is 1.08 bits per heavy atom. The monoisotopic (exact) mass is 514 g/mol. The summed E-state index contributed by atoms with van der Waals surface area (Å²) in [6, 6.07) is 12.0. The number of halogens is 1. The van der Waals surface area contributed by atoms with Crippen LogP contribution in [-0.4, -0.2) is 62.5 Å². The molecule has 2 amide bonds. The van der Waals surface area contributed by atoms with Gasteiger partial charge >= 0.3 is 0 Å². The number of Topliss-reactive ketones (excluding diaryl/α,β-unsaturated/α-hetero) is 1. The first-order valence-electron chi connectivity index (χ1n) is 13.2. The molecule has 2 aliphatic heterocycles. The van der Waals surface area contributed by atoms with E-state index in [0.29, 0.717) is 30.9 Å². The smallest absolute Gasteiger partial charge is 0.290 e. The van der Waals surface area contributed by atoms with Gasteiger partial charge in [0.25, 0.3) is 5.91 Å². The maximum atomic E-state index is 13.8. The van der Waals surface area contributed by atoms with E-state index in [2.05, 4.69) is 9.97 Å². The van der Waals surface area contributed by atoms with Gasteiger partial charge in [-0.15, -0.1) is 0 Å². The lowest BCUT2D eigenvalue weighted by Crippen LogP contribution is -2.53. The second-order valence-corrected chi connectivity index (χ2v) is 11.8. The van der Waals surface area contributed by atoms with E-state index in [1.807, 2.05) is 54.8 Å². The van der Waals surface area contributed by atoms with Crippen LogP contribution < -0.4 is 0 Å². The Morgan fingerprint density at radius 3 is 2.53 bits per heavy atom. The maximum Gasteiger partial charge on any atom is 0.290 e. The Bertz CT molecular complexity index is 1470. The maximum absolute atomic E-state index is 13.8. The van der Waals surface area contributed by atoms with E-state index in [-0.39, 0.29) is 41.9 Å². The van der Waals surface area contributed by atoms with Gasteiger partial charge in [-0.05, 0) is 53.3 Å². The minimum Gasteiger partial charge on any atom is -0.336 e. The molecule has 2 aromatic carbocycles. The van der Waals surface area contributed by atoms with E-state index in [9.17, 15) is 18.8 Å². The number of hydrogen-bond acceptors (Lipinski definition) is 4. The summed E-state index contributed by atoms with van der Waals surface area (Å²) in [5.41, 5.74) is 3.44. The number of benzene rings is 2. The molecule has 0 spiro atoms. The predicted octanol–water partition coefficient (Wildman–Crippen LogP) is 4.39. The number of nitrogens with one attached hydrogen (secondary N) is 1. The molecule has 196 valence electrons. The van der Waals surface area contributed by atoms with Crippen LogP contribution >= 0.6 is 0 Å². The number of fused-ring (bicyclic) bond motifs is 4. The Balaban J connectivity index is 1.14. The van der Waals surface area contributed by atoms with Crippen LogP contribution in [0.25, 0.3) is 17.1 Å². The van der Waals surface area contributed by atoms with Crippen molar-refractivity contribution in [3.63, 3.8) is 0 Å². The third-order valence-corrected chi connectivity index (χ3v) is 8.29. The number of para-hydroxylation sites is 2. The van der Waals surface area contributed by atoms with Crippen LogP contribution in [0.2, 0.25) is 0 Å². The average molecular weight is 515 g/mol. The molecular formula is C30H31FN4O3. The van der Waals surface area contributed by atoms with E-state index >= 15 is 0 Å². The Hall–Kier alpha value is -3.81. The van der Waals surface area contributed by atoms with Crippen molar-refractivity contribution >= 4 is 34.7 Å². The number of ketones is 1. The number of amides is 2. The van der Waals surface area contributed by atoms with Crippen LogP contribution in [0, 0.1) is 17.2 Å². The SMILES string of the molecule is CC(C)(C)[C@H](CC(=O)C1=Cc2cc(F)ccc2C1)C(=O)N1C[C@@H]2C[C@H]1CN2C(=O)c1nc2ccccc2[nH]1. The molecule has 3 aliphatic rings. The number of aromatic amines is 1. The number of aromatic nitrogens is 2. The highest BCUT2D eigenvalue weighted by atomic mass is 19.1. The first-order chi connectivity index (χ1) is 18.1. The quantitative estimate of drug-likeness (QED) is 0.547. The zero-order valence-electron chi connectivity index (χ0n) is 21.8. The molecule has 3 atom stereocenters. The number of carbonyl (C=O) groups is 3. The van der Waals surface area contributed by atoms with E-state index < -0.39 is 11.3 Å². The fourth-order valence-corrected chi connectivity index (χ4v) is 6.14. The van der Waals surface area contributed by atoms with Gasteiger partial charge < -0.3 is 14.8 Å². The second kappa shape index (κ2) is 8.89. The Kier molecular flexibility index (Phi) is 5.74. The molecule has 6 rings (SSSR count). The minimum atomic E-state index is -0.491. The Morgan fingerprint density at radius 2 is 1.82 bits per heavy atom. The van der Waals surface area contributed by atoms with Crippen molar-refractivity contribution in [1.29, 1.82) is 0 Å². The molecular weight excluding hydrogens is 483 g/mol. The molecule has 0 radical (unpaired) electrons. The lowest BCUT2D eigenvalue weighted by Gasteiger charge is -2.38. The lowest BCUT2D eigenvalue weighted by molar-refractivity contribution is -0.143. The second-order valence-electron chi connectivity index (χ2n) is 11.8. The molecule has 8 heteroatoms. The summed E-state index contributed by atoms with van der Waals surface area (Å²) in [5.74, 6) is -0.742. The van der Waals surface area contributed by atoms with E-state index in [4.69, 9.17) is 0 Å². The number of hydrogen-bond donors (Lipinski definition) is 1. The lowest BCUT2D eigenvalue weighted by atomic mass is 9.76. The van der Waals surface area contributed by atoms with E-state index in [1.165, 1.54) is 12.1 Å². The number of rotatable bonds is 5. The summed E-state index contributed by atoms with van der Waals surface area (Å²) in [6.45, 7) is 6.89. The molecule has 2 saturated heterocycles. The van der Waals surface area contributed by atoms with Crippen molar-refractivity contribution in [2.75, 3.05) is 13.1 Å². The third-order valence-electron chi connectivity index (χ3n) is 8.29. The number of piperazine rings is 1. The highest BCUT2D eigenvalue weighted by Gasteiger charge is 2.50. The molecule has 7 nitrogen and oxygen atoms in total. The molecule has 3 aromatic rings. The molecule has 2 bridgehead atoms. The molecule has 1 N–H and O–H groups in total. The fraction of sp³-hybridized carbons (Fsp3) is 0.400. The molecule has 1 aliphatic carbocycles. The van der Waals surface area contributed by atoms with Crippen LogP contribution in [0.1, 0.15) is 55.4 Å². The summed E-state index contributed by atoms with van der Waals surface area (Å²) in [5, 5.41) is 0. The number of carbonyl (C=O) groups excluding carboxylic acids is 3. The van der Waals surface area contributed by atoms with Gasteiger partial charge in [-0.3, -0.25) is 14.4 Å². The first kappa shape index (κ1) is 24.5. The van der Waals surface area contributed by atoms with Gasteiger partial charge in [-0.2, -0.15) is 0 Å². The number of imidazole rings is 1. The van der Waals surface area contributed by atoms with Gasteiger partial charge in [0, 0.05) is 31.5 Å². The van der Waals surface area contributed by atoms with E-state index in [1.54, 1.807) is 12.1 Å².